The Bertz CT molecular complexity index is 1070. The monoisotopic (exact) mass is 476 g/mol. The molecule has 3 atom stereocenters. The summed E-state index contributed by atoms with van der Waals surface area (Å²) in [6, 6.07) is 15.3. The first-order chi connectivity index (χ1) is 17.0. The van der Waals surface area contributed by atoms with Crippen molar-refractivity contribution in [3.63, 3.8) is 0 Å². The average molecular weight is 477 g/mol. The number of nitrogens with zero attached hydrogens (tertiary/aromatic N) is 1. The van der Waals surface area contributed by atoms with E-state index in [0.717, 1.165) is 36.8 Å². The van der Waals surface area contributed by atoms with Gasteiger partial charge in [-0.2, -0.15) is 0 Å². The third-order valence-corrected chi connectivity index (χ3v) is 7.80. The van der Waals surface area contributed by atoms with Crippen molar-refractivity contribution in [2.45, 2.75) is 62.9 Å². The number of carboxylic acids is 1. The van der Waals surface area contributed by atoms with Gasteiger partial charge in [0.1, 0.15) is 12.6 Å². The lowest BCUT2D eigenvalue weighted by molar-refractivity contribution is -0.152. The Morgan fingerprint density at radius 1 is 0.886 bits per heavy atom. The van der Waals surface area contributed by atoms with Crippen molar-refractivity contribution in [3.05, 3.63) is 59.7 Å². The fraction of sp³-hybridized carbons (Fsp3) is 0.464. The summed E-state index contributed by atoms with van der Waals surface area (Å²) in [4.78, 5) is 39.5. The number of nitrogens with one attached hydrogen (secondary N) is 1. The Morgan fingerprint density at radius 3 is 2.26 bits per heavy atom. The number of hydrogen-bond donors (Lipinski definition) is 2. The minimum Gasteiger partial charge on any atom is -0.480 e. The maximum atomic E-state index is 13.4. The van der Waals surface area contributed by atoms with E-state index in [9.17, 15) is 19.5 Å². The van der Waals surface area contributed by atoms with Gasteiger partial charge >= 0.3 is 12.1 Å². The van der Waals surface area contributed by atoms with Crippen molar-refractivity contribution in [1.29, 1.82) is 0 Å². The average Bonchev–Trinajstić information content (AvgIpc) is 3.35. The molecule has 2 amide bonds. The predicted molar refractivity (Wildman–Crippen MR) is 131 cm³/mol. The normalized spacial score (nSPS) is 23.8. The van der Waals surface area contributed by atoms with Crippen LogP contribution >= 0.6 is 0 Å². The molecule has 2 N–H and O–H groups in total. The highest BCUT2D eigenvalue weighted by Gasteiger charge is 2.41. The van der Waals surface area contributed by atoms with Crippen LogP contribution in [0.2, 0.25) is 0 Å². The second-order valence-electron chi connectivity index (χ2n) is 9.85. The van der Waals surface area contributed by atoms with Crippen LogP contribution in [0.4, 0.5) is 4.79 Å². The molecule has 1 saturated heterocycles. The van der Waals surface area contributed by atoms with Crippen molar-refractivity contribution < 1.29 is 24.2 Å². The van der Waals surface area contributed by atoms with Gasteiger partial charge in [-0.1, -0.05) is 67.8 Å². The van der Waals surface area contributed by atoms with Gasteiger partial charge < -0.3 is 20.1 Å². The van der Waals surface area contributed by atoms with E-state index < -0.39 is 24.0 Å². The Balaban J connectivity index is 1.23. The first-order valence-electron chi connectivity index (χ1n) is 12.7. The maximum absolute atomic E-state index is 13.4. The number of amides is 2. The largest absolute Gasteiger partial charge is 0.480 e. The number of likely N-dealkylation sites (tertiary alicyclic amines) is 1. The summed E-state index contributed by atoms with van der Waals surface area (Å²) in [5.74, 6) is -1.53. The number of carbonyl (C=O) groups is 3. The van der Waals surface area contributed by atoms with Gasteiger partial charge in [-0.05, 0) is 47.9 Å². The summed E-state index contributed by atoms with van der Waals surface area (Å²) >= 11 is 0. The molecule has 7 heteroatoms. The van der Waals surface area contributed by atoms with Crippen LogP contribution in [-0.4, -0.2) is 53.2 Å². The standard InChI is InChI=1S/C28H32N2O5/c31-26(30-16-7-1-2-15-25(30)27(32)33)22-13-8-14-24(22)29-28(34)35-17-23-20-11-5-3-9-18(20)19-10-4-6-12-21(19)23/h3-6,9-12,22-25H,1-2,7-8,13-17H2,(H,29,34)(H,32,33)/t22-,24+,25?/m0/s1. The molecule has 35 heavy (non-hydrogen) atoms. The minimum atomic E-state index is -0.945. The molecule has 1 saturated carbocycles. The Kier molecular flexibility index (Phi) is 6.75. The van der Waals surface area contributed by atoms with Crippen LogP contribution in [0.25, 0.3) is 11.1 Å². The van der Waals surface area contributed by atoms with Crippen molar-refractivity contribution in [2.75, 3.05) is 13.2 Å². The van der Waals surface area contributed by atoms with E-state index in [4.69, 9.17) is 4.74 Å². The quantitative estimate of drug-likeness (QED) is 0.660. The van der Waals surface area contributed by atoms with Crippen LogP contribution in [0, 0.1) is 5.92 Å². The molecule has 2 aromatic rings. The second-order valence-corrected chi connectivity index (χ2v) is 9.85. The maximum Gasteiger partial charge on any atom is 0.407 e. The van der Waals surface area contributed by atoms with Crippen LogP contribution in [0.15, 0.2) is 48.5 Å². The van der Waals surface area contributed by atoms with E-state index in [-0.39, 0.29) is 24.5 Å². The number of hydrogen-bond acceptors (Lipinski definition) is 4. The van der Waals surface area contributed by atoms with Gasteiger partial charge in [0, 0.05) is 18.5 Å². The van der Waals surface area contributed by atoms with Gasteiger partial charge in [0.05, 0.1) is 5.92 Å². The summed E-state index contributed by atoms with van der Waals surface area (Å²) in [5.41, 5.74) is 4.64. The number of rotatable bonds is 5. The number of fused-ring (bicyclic) bond motifs is 3. The molecule has 1 unspecified atom stereocenters. The highest BCUT2D eigenvalue weighted by atomic mass is 16.5. The highest BCUT2D eigenvalue weighted by Crippen LogP contribution is 2.44. The van der Waals surface area contributed by atoms with E-state index in [1.807, 2.05) is 24.3 Å². The zero-order chi connectivity index (χ0) is 24.4. The lowest BCUT2D eigenvalue weighted by Gasteiger charge is -2.31. The van der Waals surface area contributed by atoms with Gasteiger partial charge in [-0.3, -0.25) is 4.79 Å². The third-order valence-electron chi connectivity index (χ3n) is 7.80. The molecule has 1 heterocycles. The molecule has 3 aliphatic rings. The van der Waals surface area contributed by atoms with Gasteiger partial charge in [0.2, 0.25) is 5.91 Å². The van der Waals surface area contributed by atoms with Gasteiger partial charge in [0.25, 0.3) is 0 Å². The van der Waals surface area contributed by atoms with Crippen molar-refractivity contribution in [3.8, 4) is 11.1 Å². The van der Waals surface area contributed by atoms with Crippen LogP contribution < -0.4 is 5.32 Å². The molecular formula is C28H32N2O5. The first kappa shape index (κ1) is 23.4. The highest BCUT2D eigenvalue weighted by molar-refractivity contribution is 5.86. The van der Waals surface area contributed by atoms with E-state index in [1.165, 1.54) is 16.0 Å². The summed E-state index contributed by atoms with van der Waals surface area (Å²) in [6.07, 6.45) is 4.66. The molecule has 0 aromatic heterocycles. The van der Waals surface area contributed by atoms with Crippen LogP contribution in [0.5, 0.6) is 0 Å². The fourth-order valence-electron chi connectivity index (χ4n) is 6.06. The predicted octanol–water partition coefficient (Wildman–Crippen LogP) is 4.55. The summed E-state index contributed by atoms with van der Waals surface area (Å²) < 4.78 is 5.69. The molecule has 2 fully saturated rings. The van der Waals surface area contributed by atoms with Gasteiger partial charge in [-0.25, -0.2) is 9.59 Å². The smallest absolute Gasteiger partial charge is 0.407 e. The second kappa shape index (κ2) is 10.1. The Morgan fingerprint density at radius 2 is 1.57 bits per heavy atom. The summed E-state index contributed by atoms with van der Waals surface area (Å²) in [5, 5.41) is 12.6. The number of aliphatic carboxylic acids is 1. The molecule has 0 spiro atoms. The zero-order valence-corrected chi connectivity index (χ0v) is 19.8. The third kappa shape index (κ3) is 4.64. The lowest BCUT2D eigenvalue weighted by Crippen LogP contribution is -2.51. The topological polar surface area (TPSA) is 95.9 Å². The minimum absolute atomic E-state index is 0.0254. The number of benzene rings is 2. The summed E-state index contributed by atoms with van der Waals surface area (Å²) in [6.45, 7) is 0.683. The Labute approximate surface area is 205 Å². The van der Waals surface area contributed by atoms with Crippen LogP contribution in [0.1, 0.15) is 62.0 Å². The molecule has 5 rings (SSSR count). The van der Waals surface area contributed by atoms with E-state index in [2.05, 4.69) is 29.6 Å². The fourth-order valence-corrected chi connectivity index (χ4v) is 6.06. The molecule has 2 aliphatic carbocycles. The molecule has 184 valence electrons. The van der Waals surface area contributed by atoms with E-state index >= 15 is 0 Å². The summed E-state index contributed by atoms with van der Waals surface area (Å²) in [7, 11) is 0. The molecule has 0 radical (unpaired) electrons. The van der Waals surface area contributed by atoms with Crippen molar-refractivity contribution in [2.24, 2.45) is 5.92 Å². The molecule has 2 aromatic carbocycles. The number of alkyl carbamates (subject to hydrolysis) is 1. The zero-order valence-electron chi connectivity index (χ0n) is 19.8. The van der Waals surface area contributed by atoms with Gasteiger partial charge in [-0.15, -0.1) is 0 Å². The number of carboxylic acid groups (broad SMARTS) is 1. The molecule has 0 bridgehead atoms. The molecule has 7 nitrogen and oxygen atoms in total. The van der Waals surface area contributed by atoms with Crippen molar-refractivity contribution in [1.82, 2.24) is 10.2 Å². The SMILES string of the molecule is O=C(N[C@@H]1CCC[C@@H]1C(=O)N1CCCCCC1C(=O)O)OCC1c2ccccc2-c2ccccc21. The van der Waals surface area contributed by atoms with Crippen LogP contribution in [-0.2, 0) is 14.3 Å². The van der Waals surface area contributed by atoms with E-state index in [1.54, 1.807) is 0 Å². The first-order valence-corrected chi connectivity index (χ1v) is 12.7. The lowest BCUT2D eigenvalue weighted by atomic mass is 9.98. The van der Waals surface area contributed by atoms with Crippen LogP contribution in [0.3, 0.4) is 0 Å². The van der Waals surface area contributed by atoms with Crippen molar-refractivity contribution >= 4 is 18.0 Å². The molecular weight excluding hydrogens is 444 g/mol. The van der Waals surface area contributed by atoms with E-state index in [0.29, 0.717) is 25.8 Å². The molecule has 1 aliphatic heterocycles. The Hall–Kier alpha value is -3.35. The number of ether oxygens (including phenoxy) is 1. The van der Waals surface area contributed by atoms with Gasteiger partial charge in [0.15, 0.2) is 0 Å². The number of carbonyl (C=O) groups excluding carboxylic acids is 2.